The van der Waals surface area contributed by atoms with Crippen LogP contribution in [-0.4, -0.2) is 77.1 Å². The SMILES string of the molecule is O=C(N1CCCN(C2CCC2)CC1)N1CC(Oc2ccc(Br)cn2)C1. The van der Waals surface area contributed by atoms with Gasteiger partial charge >= 0.3 is 6.03 Å². The molecule has 3 aliphatic rings. The number of hydrogen-bond donors (Lipinski definition) is 0. The van der Waals surface area contributed by atoms with Crippen LogP contribution in [0.4, 0.5) is 4.79 Å². The molecule has 6 nitrogen and oxygen atoms in total. The van der Waals surface area contributed by atoms with Gasteiger partial charge in [0.25, 0.3) is 0 Å². The van der Waals surface area contributed by atoms with Crippen LogP contribution >= 0.6 is 15.9 Å². The summed E-state index contributed by atoms with van der Waals surface area (Å²) in [4.78, 5) is 23.4. The first-order valence-electron chi connectivity index (χ1n) is 9.25. The molecule has 2 saturated heterocycles. The summed E-state index contributed by atoms with van der Waals surface area (Å²) in [6.07, 6.45) is 6.90. The summed E-state index contributed by atoms with van der Waals surface area (Å²) in [5.74, 6) is 0.617. The van der Waals surface area contributed by atoms with Crippen molar-refractivity contribution in [3.63, 3.8) is 0 Å². The number of nitrogens with zero attached hydrogens (tertiary/aromatic N) is 4. The number of halogens is 1. The normalized spacial score (nSPS) is 22.9. The highest BCUT2D eigenvalue weighted by Crippen LogP contribution is 2.26. The van der Waals surface area contributed by atoms with Crippen molar-refractivity contribution in [2.75, 3.05) is 39.3 Å². The van der Waals surface area contributed by atoms with E-state index in [0.29, 0.717) is 19.0 Å². The van der Waals surface area contributed by atoms with Gasteiger partial charge in [-0.15, -0.1) is 0 Å². The zero-order chi connectivity index (χ0) is 17.2. The van der Waals surface area contributed by atoms with Gasteiger partial charge in [0.15, 0.2) is 0 Å². The summed E-state index contributed by atoms with van der Waals surface area (Å²) in [6, 6.07) is 4.70. The topological polar surface area (TPSA) is 48.9 Å². The van der Waals surface area contributed by atoms with Gasteiger partial charge in [0.2, 0.25) is 5.88 Å². The maximum absolute atomic E-state index is 12.7. The molecule has 25 heavy (non-hydrogen) atoms. The molecule has 2 aliphatic heterocycles. The number of amides is 2. The molecule has 0 atom stereocenters. The molecule has 2 amide bonds. The van der Waals surface area contributed by atoms with E-state index >= 15 is 0 Å². The third-order valence-electron chi connectivity index (χ3n) is 5.50. The lowest BCUT2D eigenvalue weighted by Gasteiger charge is -2.41. The van der Waals surface area contributed by atoms with Crippen LogP contribution < -0.4 is 4.74 Å². The summed E-state index contributed by atoms with van der Waals surface area (Å²) in [7, 11) is 0. The molecular formula is C18H25BrN4O2. The van der Waals surface area contributed by atoms with Gasteiger partial charge < -0.3 is 14.5 Å². The van der Waals surface area contributed by atoms with Crippen LogP contribution in [0.3, 0.4) is 0 Å². The first-order valence-corrected chi connectivity index (χ1v) is 10.0. The van der Waals surface area contributed by atoms with E-state index in [1.807, 2.05) is 21.9 Å². The maximum Gasteiger partial charge on any atom is 0.320 e. The van der Waals surface area contributed by atoms with Crippen molar-refractivity contribution in [3.05, 3.63) is 22.8 Å². The Labute approximate surface area is 157 Å². The van der Waals surface area contributed by atoms with Crippen molar-refractivity contribution in [1.82, 2.24) is 19.7 Å². The van der Waals surface area contributed by atoms with Gasteiger partial charge in [-0.3, -0.25) is 4.90 Å². The number of hydrogen-bond acceptors (Lipinski definition) is 4. The van der Waals surface area contributed by atoms with Gasteiger partial charge in [0, 0.05) is 49.0 Å². The highest BCUT2D eigenvalue weighted by Gasteiger charge is 2.36. The van der Waals surface area contributed by atoms with E-state index in [2.05, 4.69) is 25.8 Å². The van der Waals surface area contributed by atoms with E-state index < -0.39 is 0 Å². The van der Waals surface area contributed by atoms with Crippen molar-refractivity contribution in [3.8, 4) is 5.88 Å². The molecule has 0 N–H and O–H groups in total. The van der Waals surface area contributed by atoms with Crippen LogP contribution in [0.5, 0.6) is 5.88 Å². The second-order valence-corrected chi connectivity index (χ2v) is 8.12. The third-order valence-corrected chi connectivity index (χ3v) is 5.97. The van der Waals surface area contributed by atoms with E-state index in [9.17, 15) is 4.79 Å². The molecule has 0 radical (unpaired) electrons. The molecule has 0 bridgehead atoms. The van der Waals surface area contributed by atoms with Gasteiger partial charge in [0.1, 0.15) is 6.10 Å². The number of carbonyl (C=O) groups excluding carboxylic acids is 1. The summed E-state index contributed by atoms with van der Waals surface area (Å²) < 4.78 is 6.75. The summed E-state index contributed by atoms with van der Waals surface area (Å²) in [5.41, 5.74) is 0. The van der Waals surface area contributed by atoms with E-state index in [4.69, 9.17) is 4.74 Å². The van der Waals surface area contributed by atoms with E-state index in [-0.39, 0.29) is 12.1 Å². The number of ether oxygens (including phenoxy) is 1. The quantitative estimate of drug-likeness (QED) is 0.770. The molecule has 1 aliphatic carbocycles. The fourth-order valence-electron chi connectivity index (χ4n) is 3.72. The predicted octanol–water partition coefficient (Wildman–Crippen LogP) is 2.59. The molecule has 0 unspecified atom stereocenters. The Hall–Kier alpha value is -1.34. The Kier molecular flexibility index (Phi) is 5.12. The molecule has 3 heterocycles. The van der Waals surface area contributed by atoms with Crippen LogP contribution in [0.15, 0.2) is 22.8 Å². The minimum atomic E-state index is 0.0519. The molecule has 136 valence electrons. The Morgan fingerprint density at radius 2 is 1.92 bits per heavy atom. The Morgan fingerprint density at radius 1 is 1.08 bits per heavy atom. The average Bonchev–Trinajstić information content (AvgIpc) is 2.76. The number of urea groups is 1. The molecule has 1 aromatic heterocycles. The van der Waals surface area contributed by atoms with Crippen molar-refractivity contribution in [1.29, 1.82) is 0 Å². The number of likely N-dealkylation sites (tertiary alicyclic amines) is 1. The average molecular weight is 409 g/mol. The summed E-state index contributed by atoms with van der Waals surface area (Å²) in [5, 5.41) is 0. The van der Waals surface area contributed by atoms with Crippen LogP contribution in [0.25, 0.3) is 0 Å². The molecule has 1 saturated carbocycles. The third kappa shape index (κ3) is 3.92. The summed E-state index contributed by atoms with van der Waals surface area (Å²) >= 11 is 3.36. The number of pyridine rings is 1. The molecule has 4 rings (SSSR count). The molecule has 3 fully saturated rings. The number of carbonyl (C=O) groups is 1. The van der Waals surface area contributed by atoms with Gasteiger partial charge in [-0.05, 0) is 41.3 Å². The maximum atomic E-state index is 12.7. The zero-order valence-electron chi connectivity index (χ0n) is 14.4. The number of aromatic nitrogens is 1. The molecular weight excluding hydrogens is 384 g/mol. The van der Waals surface area contributed by atoms with Crippen LogP contribution in [0, 0.1) is 0 Å². The van der Waals surface area contributed by atoms with Crippen LogP contribution in [-0.2, 0) is 0 Å². The lowest BCUT2D eigenvalue weighted by atomic mass is 9.91. The van der Waals surface area contributed by atoms with E-state index in [0.717, 1.165) is 43.1 Å². The van der Waals surface area contributed by atoms with E-state index in [1.165, 1.54) is 19.3 Å². The fraction of sp³-hybridized carbons (Fsp3) is 0.667. The lowest BCUT2D eigenvalue weighted by molar-refractivity contribution is 0.0283. The van der Waals surface area contributed by atoms with Gasteiger partial charge in [0.05, 0.1) is 13.1 Å². The molecule has 0 aromatic carbocycles. The standard InChI is InChI=1S/C18H25BrN4O2/c19-14-5-6-17(20-11-14)25-16-12-23(13-16)18(24)22-8-2-7-21(9-10-22)15-3-1-4-15/h5-6,11,15-16H,1-4,7-10,12-13H2. The second-order valence-electron chi connectivity index (χ2n) is 7.20. The second kappa shape index (κ2) is 7.50. The molecule has 1 aromatic rings. The monoisotopic (exact) mass is 408 g/mol. The number of rotatable bonds is 3. The lowest BCUT2D eigenvalue weighted by Crippen LogP contribution is -2.60. The Morgan fingerprint density at radius 3 is 2.60 bits per heavy atom. The van der Waals surface area contributed by atoms with Gasteiger partial charge in [-0.2, -0.15) is 0 Å². The minimum Gasteiger partial charge on any atom is -0.471 e. The van der Waals surface area contributed by atoms with Crippen molar-refractivity contribution >= 4 is 22.0 Å². The van der Waals surface area contributed by atoms with Crippen molar-refractivity contribution in [2.24, 2.45) is 0 Å². The largest absolute Gasteiger partial charge is 0.471 e. The fourth-order valence-corrected chi connectivity index (χ4v) is 3.95. The summed E-state index contributed by atoms with van der Waals surface area (Å²) in [6.45, 7) is 5.19. The Bertz CT molecular complexity index is 602. The zero-order valence-corrected chi connectivity index (χ0v) is 16.0. The first-order chi connectivity index (χ1) is 12.2. The molecule has 7 heteroatoms. The predicted molar refractivity (Wildman–Crippen MR) is 98.7 cm³/mol. The van der Waals surface area contributed by atoms with Gasteiger partial charge in [-0.1, -0.05) is 6.42 Å². The highest BCUT2D eigenvalue weighted by atomic mass is 79.9. The highest BCUT2D eigenvalue weighted by molar-refractivity contribution is 9.10. The first kappa shape index (κ1) is 17.1. The van der Waals surface area contributed by atoms with Gasteiger partial charge in [-0.25, -0.2) is 9.78 Å². The van der Waals surface area contributed by atoms with Crippen LogP contribution in [0.2, 0.25) is 0 Å². The van der Waals surface area contributed by atoms with Crippen molar-refractivity contribution in [2.45, 2.75) is 37.8 Å². The Balaban J connectivity index is 1.23. The minimum absolute atomic E-state index is 0.0519. The van der Waals surface area contributed by atoms with Crippen LogP contribution in [0.1, 0.15) is 25.7 Å². The smallest absolute Gasteiger partial charge is 0.320 e. The van der Waals surface area contributed by atoms with E-state index in [1.54, 1.807) is 6.20 Å². The van der Waals surface area contributed by atoms with Crippen molar-refractivity contribution < 1.29 is 9.53 Å². The molecule has 0 spiro atoms.